The molecular weight excluding hydrogens is 384 g/mol. The maximum absolute atomic E-state index is 12.9. The fraction of sp³-hybridized carbons (Fsp3) is 0.500. The van der Waals surface area contributed by atoms with E-state index in [1.54, 1.807) is 27.0 Å². The average molecular weight is 415 g/mol. The Morgan fingerprint density at radius 2 is 1.93 bits per heavy atom. The number of benzene rings is 1. The molecule has 1 aromatic heterocycles. The number of hydrogen-bond donors (Lipinski definition) is 2. The van der Waals surface area contributed by atoms with Crippen molar-refractivity contribution < 1.29 is 19.4 Å². The summed E-state index contributed by atoms with van der Waals surface area (Å²) in [6, 6.07) is 6.83. The summed E-state index contributed by atoms with van der Waals surface area (Å²) < 4.78 is 7.36. The molecule has 0 unspecified atom stereocenters. The van der Waals surface area contributed by atoms with Gasteiger partial charge in [0.1, 0.15) is 17.5 Å². The van der Waals surface area contributed by atoms with Crippen LogP contribution in [0.4, 0.5) is 4.79 Å². The van der Waals surface area contributed by atoms with Crippen LogP contribution in [0.25, 0.3) is 5.69 Å². The molecule has 8 nitrogen and oxygen atoms in total. The second-order valence-corrected chi connectivity index (χ2v) is 8.70. The summed E-state index contributed by atoms with van der Waals surface area (Å²) in [5, 5.41) is 13.0. The number of imidazole rings is 1. The van der Waals surface area contributed by atoms with Gasteiger partial charge in [0.25, 0.3) is 0 Å². The number of aliphatic hydroxyl groups is 1. The minimum absolute atomic E-state index is 0.0837. The van der Waals surface area contributed by atoms with E-state index >= 15 is 0 Å². The molecule has 0 spiro atoms. The van der Waals surface area contributed by atoms with E-state index in [1.807, 2.05) is 48.9 Å². The summed E-state index contributed by atoms with van der Waals surface area (Å²) in [7, 11) is 0. The van der Waals surface area contributed by atoms with Gasteiger partial charge in [-0.05, 0) is 52.3 Å². The lowest BCUT2D eigenvalue weighted by Gasteiger charge is -2.28. The van der Waals surface area contributed by atoms with E-state index in [-0.39, 0.29) is 24.9 Å². The molecule has 8 heteroatoms. The van der Waals surface area contributed by atoms with E-state index in [0.29, 0.717) is 0 Å². The molecule has 1 saturated heterocycles. The molecule has 1 fully saturated rings. The second kappa shape index (κ2) is 8.47. The average Bonchev–Trinajstić information content (AvgIpc) is 3.26. The highest BCUT2D eigenvalue weighted by Gasteiger charge is 2.41. The first-order valence-electron chi connectivity index (χ1n) is 10.1. The molecule has 3 rings (SSSR count). The normalized spacial score (nSPS) is 20.1. The van der Waals surface area contributed by atoms with Crippen molar-refractivity contribution >= 4 is 12.0 Å². The van der Waals surface area contributed by atoms with Crippen molar-refractivity contribution in [2.24, 2.45) is 0 Å². The molecule has 0 saturated carbocycles. The number of ether oxygens (including phenoxy) is 1. The summed E-state index contributed by atoms with van der Waals surface area (Å²) in [6.07, 6.45) is 2.50. The number of carbonyl (C=O) groups excluding carboxylic acids is 2. The van der Waals surface area contributed by atoms with Crippen LogP contribution in [0.2, 0.25) is 0 Å². The lowest BCUT2D eigenvalue weighted by molar-refractivity contribution is -0.126. The molecule has 2 aromatic rings. The first-order valence-corrected chi connectivity index (χ1v) is 10.1. The molecule has 2 N–H and O–H groups in total. The molecule has 3 atom stereocenters. The number of hydrogen-bond acceptors (Lipinski definition) is 5. The number of likely N-dealkylation sites (tertiary alicyclic amines) is 1. The van der Waals surface area contributed by atoms with Gasteiger partial charge in [-0.15, -0.1) is 0 Å². The number of β-amino-alcohol motifs (C(OH)–C–C–N with tert-alkyl or cyclic N) is 1. The smallest absolute Gasteiger partial charge is 0.411 e. The molecule has 0 bridgehead atoms. The minimum Gasteiger partial charge on any atom is -0.444 e. The highest BCUT2D eigenvalue weighted by Crippen LogP contribution is 2.23. The van der Waals surface area contributed by atoms with Crippen molar-refractivity contribution in [1.82, 2.24) is 19.8 Å². The zero-order chi connectivity index (χ0) is 22.1. The molecule has 1 aromatic carbocycles. The predicted octanol–water partition coefficient (Wildman–Crippen LogP) is 2.73. The molecule has 1 aliphatic rings. The van der Waals surface area contributed by atoms with Gasteiger partial charge in [-0.25, -0.2) is 9.78 Å². The number of amides is 2. The first-order chi connectivity index (χ1) is 14.0. The molecule has 1 aliphatic heterocycles. The van der Waals surface area contributed by atoms with Gasteiger partial charge in [0.2, 0.25) is 5.91 Å². The molecule has 30 heavy (non-hydrogen) atoms. The van der Waals surface area contributed by atoms with Crippen LogP contribution in [0.5, 0.6) is 0 Å². The second-order valence-electron chi connectivity index (χ2n) is 8.70. The Labute approximate surface area is 176 Å². The van der Waals surface area contributed by atoms with Crippen molar-refractivity contribution in [2.45, 2.75) is 64.8 Å². The maximum Gasteiger partial charge on any atom is 0.411 e. The molecule has 0 aliphatic carbocycles. The highest BCUT2D eigenvalue weighted by atomic mass is 16.6. The number of carbonyl (C=O) groups is 2. The van der Waals surface area contributed by atoms with Crippen molar-refractivity contribution in [3.63, 3.8) is 0 Å². The van der Waals surface area contributed by atoms with Crippen LogP contribution in [0.1, 0.15) is 51.5 Å². The van der Waals surface area contributed by atoms with Gasteiger partial charge in [0.05, 0.1) is 18.7 Å². The van der Waals surface area contributed by atoms with Gasteiger partial charge in [0, 0.05) is 24.5 Å². The third kappa shape index (κ3) is 4.99. The number of aliphatic hydroxyl groups excluding tert-OH is 1. The van der Waals surface area contributed by atoms with E-state index < -0.39 is 23.8 Å². The van der Waals surface area contributed by atoms with Crippen LogP contribution < -0.4 is 5.32 Å². The van der Waals surface area contributed by atoms with Crippen LogP contribution in [0.15, 0.2) is 36.7 Å². The van der Waals surface area contributed by atoms with E-state index in [9.17, 15) is 14.7 Å². The van der Waals surface area contributed by atoms with Gasteiger partial charge < -0.3 is 19.7 Å². The number of aryl methyl sites for hydroxylation is 1. The Morgan fingerprint density at radius 3 is 2.50 bits per heavy atom. The fourth-order valence-corrected chi connectivity index (χ4v) is 3.55. The van der Waals surface area contributed by atoms with Crippen LogP contribution >= 0.6 is 0 Å². The monoisotopic (exact) mass is 414 g/mol. The van der Waals surface area contributed by atoms with E-state index in [4.69, 9.17) is 4.74 Å². The summed E-state index contributed by atoms with van der Waals surface area (Å²) in [5.41, 5.74) is 1.25. The Hall–Kier alpha value is -2.87. The van der Waals surface area contributed by atoms with Crippen molar-refractivity contribution in [1.29, 1.82) is 0 Å². The number of nitrogens with zero attached hydrogens (tertiary/aromatic N) is 3. The Bertz CT molecular complexity index is 901. The summed E-state index contributed by atoms with van der Waals surface area (Å²) in [4.78, 5) is 30.9. The summed E-state index contributed by atoms with van der Waals surface area (Å²) >= 11 is 0. The number of rotatable bonds is 4. The number of aromatic nitrogens is 2. The highest BCUT2D eigenvalue weighted by molar-refractivity contribution is 5.86. The predicted molar refractivity (Wildman–Crippen MR) is 112 cm³/mol. The van der Waals surface area contributed by atoms with Crippen LogP contribution in [0.3, 0.4) is 0 Å². The van der Waals surface area contributed by atoms with Crippen molar-refractivity contribution in [3.05, 3.63) is 48.0 Å². The molecule has 0 radical (unpaired) electrons. The zero-order valence-electron chi connectivity index (χ0n) is 18.1. The summed E-state index contributed by atoms with van der Waals surface area (Å²) in [6.45, 7) is 9.21. The third-order valence-electron chi connectivity index (χ3n) is 5.07. The Morgan fingerprint density at radius 1 is 1.27 bits per heavy atom. The van der Waals surface area contributed by atoms with E-state index in [1.165, 1.54) is 4.90 Å². The molecule has 2 heterocycles. The zero-order valence-corrected chi connectivity index (χ0v) is 18.1. The van der Waals surface area contributed by atoms with Crippen molar-refractivity contribution in [2.75, 3.05) is 6.54 Å². The lowest BCUT2D eigenvalue weighted by Crippen LogP contribution is -2.48. The van der Waals surface area contributed by atoms with Gasteiger partial charge in [-0.3, -0.25) is 9.69 Å². The molecular formula is C22H30N4O4. The standard InChI is InChI=1S/C22H30N4O4/c1-14(16-6-8-17(9-7-16)25-11-10-23-15(25)2)24-20(28)19-12-18(27)13-26(19)21(29)30-22(3,4)5/h6-11,14,18-19,27H,12-13H2,1-5H3,(H,24,28)/t14-,18+,19-/m0/s1. The fourth-order valence-electron chi connectivity index (χ4n) is 3.55. The van der Waals surface area contributed by atoms with Gasteiger partial charge >= 0.3 is 6.09 Å². The molecule has 162 valence electrons. The third-order valence-corrected chi connectivity index (χ3v) is 5.07. The largest absolute Gasteiger partial charge is 0.444 e. The van der Waals surface area contributed by atoms with Gasteiger partial charge in [0.15, 0.2) is 0 Å². The number of nitrogens with one attached hydrogen (secondary N) is 1. The Balaban J connectivity index is 1.66. The van der Waals surface area contributed by atoms with E-state index in [2.05, 4.69) is 10.3 Å². The Kier molecular flexibility index (Phi) is 6.17. The van der Waals surface area contributed by atoms with Gasteiger partial charge in [-0.1, -0.05) is 12.1 Å². The van der Waals surface area contributed by atoms with E-state index in [0.717, 1.165) is 17.1 Å². The first kappa shape index (κ1) is 21.8. The molecule has 2 amide bonds. The van der Waals surface area contributed by atoms with Crippen LogP contribution in [0, 0.1) is 6.92 Å². The van der Waals surface area contributed by atoms with Crippen molar-refractivity contribution in [3.8, 4) is 5.69 Å². The maximum atomic E-state index is 12.9. The minimum atomic E-state index is -0.759. The van der Waals surface area contributed by atoms with Crippen LogP contribution in [-0.2, 0) is 9.53 Å². The van der Waals surface area contributed by atoms with Crippen LogP contribution in [-0.4, -0.2) is 55.8 Å². The lowest BCUT2D eigenvalue weighted by atomic mass is 10.1. The topological polar surface area (TPSA) is 96.7 Å². The van der Waals surface area contributed by atoms with Gasteiger partial charge in [-0.2, -0.15) is 0 Å². The summed E-state index contributed by atoms with van der Waals surface area (Å²) in [5.74, 6) is 0.588. The SMILES string of the molecule is Cc1nccn1-c1ccc([C@H](C)NC(=O)[C@@H]2C[C@@H](O)CN2C(=O)OC(C)(C)C)cc1. The quantitative estimate of drug-likeness (QED) is 0.802.